The highest BCUT2D eigenvalue weighted by Crippen LogP contribution is 2.35. The summed E-state index contributed by atoms with van der Waals surface area (Å²) in [5, 5.41) is 5.16. The Bertz CT molecular complexity index is 1440. The molecule has 1 aliphatic carbocycles. The molecular weight excluding hydrogens is 562 g/mol. The molecule has 0 unspecified atom stereocenters. The van der Waals surface area contributed by atoms with Crippen molar-refractivity contribution < 1.29 is 19.0 Å². The topological polar surface area (TPSA) is 92.0 Å². The number of allylic oxidation sites excluding steroid dienone is 1. The number of aromatic nitrogens is 2. The minimum absolute atomic E-state index is 0.169. The summed E-state index contributed by atoms with van der Waals surface area (Å²) in [4.78, 5) is 30.7. The van der Waals surface area contributed by atoms with E-state index in [2.05, 4.69) is 27.6 Å². The molecule has 0 saturated heterocycles. The number of carbonyl (C=O) groups excluding carboxylic acids is 1. The summed E-state index contributed by atoms with van der Waals surface area (Å²) in [5.41, 5.74) is 1.93. The molecule has 0 spiro atoms. The molecule has 0 bridgehead atoms. The van der Waals surface area contributed by atoms with Gasteiger partial charge in [-0.05, 0) is 69.0 Å². The van der Waals surface area contributed by atoms with Gasteiger partial charge in [-0.3, -0.25) is 4.79 Å². The minimum atomic E-state index is -0.818. The van der Waals surface area contributed by atoms with Gasteiger partial charge in [-0.2, -0.15) is 9.78 Å². The van der Waals surface area contributed by atoms with Gasteiger partial charge < -0.3 is 14.2 Å². The average molecular weight is 597 g/mol. The second-order valence-corrected chi connectivity index (χ2v) is 10.5. The summed E-state index contributed by atoms with van der Waals surface area (Å²) in [7, 11) is 1.53. The van der Waals surface area contributed by atoms with Crippen molar-refractivity contribution >= 4 is 39.0 Å². The number of benzene rings is 2. The summed E-state index contributed by atoms with van der Waals surface area (Å²) in [6.07, 6.45) is 8.40. The van der Waals surface area contributed by atoms with Crippen molar-refractivity contribution in [2.24, 2.45) is 5.10 Å². The second-order valence-electron chi connectivity index (χ2n) is 9.54. The average Bonchev–Trinajstić information content (AvgIpc) is 2.94. The third kappa shape index (κ3) is 6.58. The molecule has 8 nitrogen and oxygen atoms in total. The fourth-order valence-corrected chi connectivity index (χ4v) is 5.22. The van der Waals surface area contributed by atoms with Crippen LogP contribution in [-0.2, 0) is 16.0 Å². The first-order valence-electron chi connectivity index (χ1n) is 13.3. The Labute approximate surface area is 236 Å². The number of rotatable bonds is 10. The molecule has 4 rings (SSSR count). The number of ether oxygens (including phenoxy) is 3. The zero-order valence-corrected chi connectivity index (χ0v) is 24.2. The molecule has 0 N–H and O–H groups in total. The van der Waals surface area contributed by atoms with Crippen LogP contribution >= 0.6 is 15.9 Å². The maximum atomic E-state index is 13.6. The maximum Gasteiger partial charge on any atom is 0.347 e. The summed E-state index contributed by atoms with van der Waals surface area (Å²) in [5.74, 6) is 1.27. The summed E-state index contributed by atoms with van der Waals surface area (Å²) in [6.45, 7) is 7.50. The molecule has 9 heteroatoms. The Morgan fingerprint density at radius 3 is 2.72 bits per heavy atom. The first kappa shape index (κ1) is 28.5. The lowest BCUT2D eigenvalue weighted by atomic mass is 9.88. The Kier molecular flexibility index (Phi) is 9.56. The lowest BCUT2D eigenvalue weighted by molar-refractivity contribution is -0.150. The van der Waals surface area contributed by atoms with Crippen LogP contribution in [0, 0.1) is 0 Å². The number of methoxy groups -OCH3 is 1. The molecule has 1 saturated carbocycles. The van der Waals surface area contributed by atoms with Crippen molar-refractivity contribution in [2.45, 2.75) is 64.4 Å². The predicted molar refractivity (Wildman–Crippen MR) is 156 cm³/mol. The fraction of sp³-hybridized carbons (Fsp3) is 0.400. The normalized spacial score (nSPS) is 14.9. The van der Waals surface area contributed by atoms with Crippen molar-refractivity contribution in [3.63, 3.8) is 0 Å². The number of hydrogen-bond donors (Lipinski definition) is 0. The molecule has 0 radical (unpaired) electrons. The number of carbonyl (C=O) groups is 1. The molecule has 1 aliphatic rings. The number of hydrogen-bond acceptors (Lipinski definition) is 7. The number of fused-ring (bicyclic) bond motifs is 1. The summed E-state index contributed by atoms with van der Waals surface area (Å²) in [6, 6.07) is 9.19. The van der Waals surface area contributed by atoms with Crippen LogP contribution in [0.15, 0.2) is 57.4 Å². The van der Waals surface area contributed by atoms with Crippen LogP contribution in [0.5, 0.6) is 11.5 Å². The lowest BCUT2D eigenvalue weighted by Crippen LogP contribution is -2.26. The van der Waals surface area contributed by atoms with Crippen molar-refractivity contribution in [3.8, 4) is 11.5 Å². The lowest BCUT2D eigenvalue weighted by Gasteiger charge is -2.23. The molecule has 1 heterocycles. The molecule has 0 amide bonds. The monoisotopic (exact) mass is 595 g/mol. The largest absolute Gasteiger partial charge is 0.493 e. The first-order chi connectivity index (χ1) is 18.9. The van der Waals surface area contributed by atoms with E-state index in [1.165, 1.54) is 18.2 Å². The quantitative estimate of drug-likeness (QED) is 0.158. The number of esters is 1. The molecule has 1 atom stereocenters. The van der Waals surface area contributed by atoms with Crippen LogP contribution in [0.25, 0.3) is 10.9 Å². The van der Waals surface area contributed by atoms with E-state index in [-0.39, 0.29) is 18.1 Å². The highest BCUT2D eigenvalue weighted by atomic mass is 79.9. The van der Waals surface area contributed by atoms with Gasteiger partial charge in [0.05, 0.1) is 30.8 Å². The van der Waals surface area contributed by atoms with Crippen LogP contribution < -0.4 is 15.0 Å². The molecule has 0 aliphatic heterocycles. The van der Waals surface area contributed by atoms with Gasteiger partial charge in [0, 0.05) is 16.0 Å². The number of nitrogens with zero attached hydrogens (tertiary/aromatic N) is 3. The van der Waals surface area contributed by atoms with Gasteiger partial charge in [0.15, 0.2) is 17.6 Å². The Morgan fingerprint density at radius 1 is 1.26 bits per heavy atom. The Hall–Kier alpha value is -3.46. The van der Waals surface area contributed by atoms with Crippen LogP contribution in [0.4, 0.5) is 0 Å². The third-order valence-corrected chi connectivity index (χ3v) is 7.27. The fourth-order valence-electron chi connectivity index (χ4n) is 4.86. The standard InChI is InChI=1S/C30H34BrN3O5/c1-5-10-22-15-20(16-26(37-4)27(22)39-19(3)30(36)38-6-2)18-32-34-28(21-11-8-7-9-12-21)33-25-14-13-23(31)17-24(25)29(34)35/h5,13-19,21H,1,6-12H2,2-4H3/t19-/m0/s1. The van der Waals surface area contributed by atoms with E-state index in [0.717, 1.165) is 35.7 Å². The van der Waals surface area contributed by atoms with Gasteiger partial charge in [-0.25, -0.2) is 9.78 Å². The van der Waals surface area contributed by atoms with E-state index in [9.17, 15) is 9.59 Å². The van der Waals surface area contributed by atoms with Gasteiger partial charge in [-0.1, -0.05) is 41.3 Å². The van der Waals surface area contributed by atoms with Gasteiger partial charge in [0.25, 0.3) is 5.56 Å². The van der Waals surface area contributed by atoms with E-state index in [4.69, 9.17) is 19.2 Å². The molecule has 39 heavy (non-hydrogen) atoms. The van der Waals surface area contributed by atoms with Crippen LogP contribution in [-0.4, -0.2) is 41.7 Å². The molecule has 3 aromatic rings. The maximum absolute atomic E-state index is 13.6. The van der Waals surface area contributed by atoms with Crippen molar-refractivity contribution in [1.29, 1.82) is 0 Å². The second kappa shape index (κ2) is 13.1. The van der Waals surface area contributed by atoms with E-state index < -0.39 is 12.1 Å². The molecule has 1 fully saturated rings. The van der Waals surface area contributed by atoms with Crippen molar-refractivity contribution in [1.82, 2.24) is 9.66 Å². The predicted octanol–water partition coefficient (Wildman–Crippen LogP) is 6.16. The van der Waals surface area contributed by atoms with E-state index in [1.54, 1.807) is 38.3 Å². The highest BCUT2D eigenvalue weighted by Gasteiger charge is 2.23. The minimum Gasteiger partial charge on any atom is -0.493 e. The van der Waals surface area contributed by atoms with Crippen LogP contribution in [0.2, 0.25) is 0 Å². The van der Waals surface area contributed by atoms with Gasteiger partial charge in [-0.15, -0.1) is 6.58 Å². The van der Waals surface area contributed by atoms with Gasteiger partial charge >= 0.3 is 5.97 Å². The summed E-state index contributed by atoms with van der Waals surface area (Å²) < 4.78 is 18.9. The summed E-state index contributed by atoms with van der Waals surface area (Å²) >= 11 is 3.46. The van der Waals surface area contributed by atoms with E-state index in [0.29, 0.717) is 40.2 Å². The number of halogens is 1. The highest BCUT2D eigenvalue weighted by molar-refractivity contribution is 9.10. The molecule has 1 aromatic heterocycles. The SMILES string of the molecule is C=CCc1cc(C=Nn2c(C3CCCCC3)nc3ccc(Br)cc3c2=O)cc(OC)c1O[C@@H](C)C(=O)OCC. The van der Waals surface area contributed by atoms with Gasteiger partial charge in [0.2, 0.25) is 0 Å². The van der Waals surface area contributed by atoms with E-state index in [1.807, 2.05) is 18.2 Å². The zero-order valence-electron chi connectivity index (χ0n) is 22.6. The van der Waals surface area contributed by atoms with Gasteiger partial charge in [0.1, 0.15) is 5.82 Å². The Morgan fingerprint density at radius 2 is 2.03 bits per heavy atom. The smallest absolute Gasteiger partial charge is 0.347 e. The van der Waals surface area contributed by atoms with E-state index >= 15 is 0 Å². The van der Waals surface area contributed by atoms with Crippen LogP contribution in [0.3, 0.4) is 0 Å². The first-order valence-corrected chi connectivity index (χ1v) is 14.1. The van der Waals surface area contributed by atoms with Crippen molar-refractivity contribution in [3.05, 3.63) is 74.8 Å². The van der Waals surface area contributed by atoms with Crippen molar-refractivity contribution in [2.75, 3.05) is 13.7 Å². The Balaban J connectivity index is 1.78. The molecular formula is C30H34BrN3O5. The zero-order chi connectivity index (χ0) is 27.9. The molecule has 2 aromatic carbocycles. The van der Waals surface area contributed by atoms with Crippen LogP contribution in [0.1, 0.15) is 68.8 Å². The third-order valence-electron chi connectivity index (χ3n) is 6.78. The molecule has 206 valence electrons.